The molecule has 1 aliphatic carbocycles. The molecule has 2 aromatic rings. The lowest BCUT2D eigenvalue weighted by Gasteiger charge is -2.17. The van der Waals surface area contributed by atoms with Crippen molar-refractivity contribution in [2.45, 2.75) is 11.1 Å². The Balaban J connectivity index is 2.16. The first kappa shape index (κ1) is 15.6. The van der Waals surface area contributed by atoms with Crippen molar-refractivity contribution in [2.24, 2.45) is 4.40 Å². The number of benzene rings is 1. The molecule has 3 rings (SSSR count). The van der Waals surface area contributed by atoms with Gasteiger partial charge in [0.05, 0.1) is 12.3 Å². The predicted molar refractivity (Wildman–Crippen MR) is 88.5 cm³/mol. The van der Waals surface area contributed by atoms with Gasteiger partial charge in [-0.1, -0.05) is 30.3 Å². The van der Waals surface area contributed by atoms with Gasteiger partial charge in [0.2, 0.25) is 5.78 Å². The van der Waals surface area contributed by atoms with Crippen LogP contribution in [0.4, 0.5) is 0 Å². The summed E-state index contributed by atoms with van der Waals surface area (Å²) in [6.07, 6.45) is 1.39. The van der Waals surface area contributed by atoms with E-state index in [9.17, 15) is 13.2 Å². The van der Waals surface area contributed by atoms with E-state index < -0.39 is 10.0 Å². The smallest absolute Gasteiger partial charge is 0.292 e. The fraction of sp³-hybridized carbons (Fsp3) is 0.125. The molecular formula is C16H13NO4S2. The Morgan fingerprint density at radius 3 is 2.52 bits per heavy atom. The molecule has 1 aliphatic rings. The quantitative estimate of drug-likeness (QED) is 0.852. The number of ketones is 1. The minimum Gasteiger partial charge on any atom is -0.490 e. The summed E-state index contributed by atoms with van der Waals surface area (Å²) in [7, 11) is -3.82. The van der Waals surface area contributed by atoms with E-state index in [1.807, 2.05) is 0 Å². The highest BCUT2D eigenvalue weighted by Crippen LogP contribution is 2.25. The predicted octanol–water partition coefficient (Wildman–Crippen LogP) is 3.04. The van der Waals surface area contributed by atoms with Gasteiger partial charge in [0.15, 0.2) is 5.76 Å². The second kappa shape index (κ2) is 6.10. The molecule has 0 spiro atoms. The lowest BCUT2D eigenvalue weighted by molar-refractivity contribution is 0.0925. The number of hydrogen-bond acceptors (Lipinski definition) is 5. The number of rotatable bonds is 4. The van der Waals surface area contributed by atoms with Gasteiger partial charge < -0.3 is 4.74 Å². The van der Waals surface area contributed by atoms with Gasteiger partial charge in [-0.15, -0.1) is 11.3 Å². The first-order chi connectivity index (χ1) is 11.0. The number of thiophene rings is 1. The zero-order chi connectivity index (χ0) is 16.4. The average molecular weight is 347 g/mol. The monoisotopic (exact) mass is 347 g/mol. The number of carbonyl (C=O) groups is 1. The number of hydrogen-bond donors (Lipinski definition) is 0. The van der Waals surface area contributed by atoms with E-state index >= 15 is 0 Å². The van der Waals surface area contributed by atoms with E-state index in [-0.39, 0.29) is 21.5 Å². The molecule has 0 bridgehead atoms. The van der Waals surface area contributed by atoms with Crippen molar-refractivity contribution < 1.29 is 17.9 Å². The van der Waals surface area contributed by atoms with Gasteiger partial charge in [0.25, 0.3) is 10.0 Å². The third-order valence-electron chi connectivity index (χ3n) is 3.21. The van der Waals surface area contributed by atoms with E-state index in [2.05, 4.69) is 4.40 Å². The summed E-state index contributed by atoms with van der Waals surface area (Å²) >= 11 is 1.10. The molecular weight excluding hydrogens is 334 g/mol. The SMILES string of the molecule is CCOC1=C/C(=N/S(=O)(=O)c2cccs2)c2ccccc2C1=O. The van der Waals surface area contributed by atoms with Crippen molar-refractivity contribution in [3.05, 3.63) is 64.7 Å². The lowest BCUT2D eigenvalue weighted by atomic mass is 9.93. The van der Waals surface area contributed by atoms with Crippen LogP contribution in [0.3, 0.4) is 0 Å². The molecule has 118 valence electrons. The van der Waals surface area contributed by atoms with Gasteiger partial charge in [0, 0.05) is 17.2 Å². The summed E-state index contributed by atoms with van der Waals surface area (Å²) in [5.41, 5.74) is 1.08. The summed E-state index contributed by atoms with van der Waals surface area (Å²) < 4.78 is 34.2. The first-order valence-corrected chi connectivity index (χ1v) is 9.22. The molecule has 0 saturated heterocycles. The number of Topliss-reactive ketones (excluding diaryl/α,β-unsaturated/α-hetero) is 1. The molecule has 0 amide bonds. The standard InChI is InChI=1S/C16H13NO4S2/c1-2-21-14-10-13(11-6-3-4-7-12(11)16(14)18)17-23(19,20)15-8-5-9-22-15/h3-10H,2H2,1H3/b17-13-. The van der Waals surface area contributed by atoms with Crippen LogP contribution >= 0.6 is 11.3 Å². The minimum atomic E-state index is -3.82. The van der Waals surface area contributed by atoms with Crippen molar-refractivity contribution in [1.29, 1.82) is 0 Å². The number of ether oxygens (including phenoxy) is 1. The van der Waals surface area contributed by atoms with Gasteiger partial charge >= 0.3 is 0 Å². The van der Waals surface area contributed by atoms with Crippen LogP contribution in [-0.2, 0) is 14.8 Å². The van der Waals surface area contributed by atoms with Gasteiger partial charge in [0.1, 0.15) is 4.21 Å². The summed E-state index contributed by atoms with van der Waals surface area (Å²) in [6.45, 7) is 2.07. The molecule has 0 atom stereocenters. The van der Waals surface area contributed by atoms with E-state index in [1.165, 1.54) is 12.1 Å². The Kier molecular flexibility index (Phi) is 4.14. The van der Waals surface area contributed by atoms with Crippen LogP contribution in [0.15, 0.2) is 62.2 Å². The number of carbonyl (C=O) groups excluding carboxylic acids is 1. The minimum absolute atomic E-state index is 0.103. The molecule has 0 aliphatic heterocycles. The maximum atomic E-state index is 12.4. The Morgan fingerprint density at radius 2 is 1.87 bits per heavy atom. The molecule has 1 aromatic heterocycles. The van der Waals surface area contributed by atoms with Crippen LogP contribution in [0.25, 0.3) is 0 Å². The fourth-order valence-corrected chi connectivity index (χ4v) is 4.19. The van der Waals surface area contributed by atoms with Crippen LogP contribution in [0, 0.1) is 0 Å². The number of nitrogens with zero attached hydrogens (tertiary/aromatic N) is 1. The van der Waals surface area contributed by atoms with Gasteiger partial charge in [-0.2, -0.15) is 12.8 Å². The number of sulfonamides is 1. The Hall–Kier alpha value is -2.25. The van der Waals surface area contributed by atoms with Crippen LogP contribution in [0.2, 0.25) is 0 Å². The van der Waals surface area contributed by atoms with Crippen molar-refractivity contribution in [3.63, 3.8) is 0 Å². The number of allylic oxidation sites excluding steroid dienone is 2. The Labute approximate surface area is 138 Å². The molecule has 0 fully saturated rings. The van der Waals surface area contributed by atoms with Gasteiger partial charge in [-0.3, -0.25) is 4.79 Å². The maximum Gasteiger partial charge on any atom is 0.292 e. The highest BCUT2D eigenvalue weighted by Gasteiger charge is 2.27. The fourth-order valence-electron chi connectivity index (χ4n) is 2.23. The van der Waals surface area contributed by atoms with E-state index in [4.69, 9.17) is 4.74 Å². The van der Waals surface area contributed by atoms with Crippen molar-refractivity contribution in [2.75, 3.05) is 6.61 Å². The van der Waals surface area contributed by atoms with E-state index in [0.717, 1.165) is 11.3 Å². The average Bonchev–Trinajstić information content (AvgIpc) is 3.07. The zero-order valence-electron chi connectivity index (χ0n) is 12.2. The molecule has 1 heterocycles. The first-order valence-electron chi connectivity index (χ1n) is 6.90. The zero-order valence-corrected chi connectivity index (χ0v) is 13.9. The topological polar surface area (TPSA) is 72.8 Å². The highest BCUT2D eigenvalue weighted by atomic mass is 32.2. The molecule has 0 saturated carbocycles. The second-order valence-electron chi connectivity index (χ2n) is 4.70. The summed E-state index contributed by atoms with van der Waals surface area (Å²) in [5.74, 6) is -0.166. The van der Waals surface area contributed by atoms with Gasteiger partial charge in [-0.05, 0) is 18.4 Å². The molecule has 23 heavy (non-hydrogen) atoms. The van der Waals surface area contributed by atoms with Crippen molar-refractivity contribution >= 4 is 32.9 Å². The Bertz CT molecular complexity index is 909. The highest BCUT2D eigenvalue weighted by molar-refractivity contribution is 7.92. The summed E-state index contributed by atoms with van der Waals surface area (Å²) in [4.78, 5) is 12.4. The maximum absolute atomic E-state index is 12.4. The molecule has 0 unspecified atom stereocenters. The molecule has 0 N–H and O–H groups in total. The molecule has 7 heteroatoms. The van der Waals surface area contributed by atoms with E-state index in [0.29, 0.717) is 17.7 Å². The Morgan fingerprint density at radius 1 is 1.13 bits per heavy atom. The van der Waals surface area contributed by atoms with Crippen LogP contribution in [0.1, 0.15) is 22.8 Å². The molecule has 5 nitrogen and oxygen atoms in total. The van der Waals surface area contributed by atoms with Crippen molar-refractivity contribution in [1.82, 2.24) is 0 Å². The van der Waals surface area contributed by atoms with Crippen LogP contribution < -0.4 is 0 Å². The largest absolute Gasteiger partial charge is 0.490 e. The molecule has 0 radical (unpaired) electrons. The number of fused-ring (bicyclic) bond motifs is 1. The molecule has 1 aromatic carbocycles. The third-order valence-corrected chi connectivity index (χ3v) is 5.87. The second-order valence-corrected chi connectivity index (χ2v) is 7.48. The normalized spacial score (nSPS) is 16.1. The lowest BCUT2D eigenvalue weighted by Crippen LogP contribution is -2.20. The van der Waals surface area contributed by atoms with Crippen LogP contribution in [-0.4, -0.2) is 26.5 Å². The third kappa shape index (κ3) is 2.97. The summed E-state index contributed by atoms with van der Waals surface area (Å²) in [5, 5.41) is 1.67. The van der Waals surface area contributed by atoms with Crippen LogP contribution in [0.5, 0.6) is 0 Å². The van der Waals surface area contributed by atoms with E-state index in [1.54, 1.807) is 42.6 Å². The van der Waals surface area contributed by atoms with Crippen molar-refractivity contribution in [3.8, 4) is 0 Å². The summed E-state index contributed by atoms with van der Waals surface area (Å²) in [6, 6.07) is 9.91. The van der Waals surface area contributed by atoms with Gasteiger partial charge in [-0.25, -0.2) is 0 Å².